The van der Waals surface area contributed by atoms with E-state index in [1.165, 1.54) is 11.1 Å². The second-order valence-corrected chi connectivity index (χ2v) is 7.82. The number of thioether (sulfide) groups is 1. The first-order chi connectivity index (χ1) is 13.8. The van der Waals surface area contributed by atoms with Gasteiger partial charge < -0.3 is 4.57 Å². The highest BCUT2D eigenvalue weighted by atomic mass is 32.2. The molecule has 1 N–H and O–H groups in total. The van der Waals surface area contributed by atoms with Gasteiger partial charge in [0.05, 0.1) is 12.1 Å². The zero-order chi connectivity index (χ0) is 18.9. The minimum atomic E-state index is 0.600. The summed E-state index contributed by atoms with van der Waals surface area (Å²) in [6.45, 7) is 0.802. The van der Waals surface area contributed by atoms with Crippen molar-refractivity contribution in [2.45, 2.75) is 11.7 Å². The first-order valence-electron chi connectivity index (χ1n) is 8.72. The van der Waals surface area contributed by atoms with Crippen LogP contribution in [0.15, 0.2) is 64.4 Å². The number of hydrogen-bond donors (Lipinski definition) is 1. The summed E-state index contributed by atoms with van der Waals surface area (Å²) in [5.41, 5.74) is 6.68. The Labute approximate surface area is 169 Å². The smallest absolute Gasteiger partial charge is 0.205 e. The van der Waals surface area contributed by atoms with Gasteiger partial charge in [-0.25, -0.2) is 4.98 Å². The van der Waals surface area contributed by atoms with Gasteiger partial charge in [0.2, 0.25) is 5.82 Å². The molecular weight excluding hydrogens is 388 g/mol. The Morgan fingerprint density at radius 1 is 1.04 bits per heavy atom. The number of tetrazole rings is 1. The molecule has 0 aliphatic rings. The fourth-order valence-corrected chi connectivity index (χ4v) is 4.64. The zero-order valence-electron chi connectivity index (χ0n) is 15.0. The summed E-state index contributed by atoms with van der Waals surface area (Å²) in [5, 5.41) is 19.8. The molecule has 0 spiro atoms. The van der Waals surface area contributed by atoms with E-state index in [-0.39, 0.29) is 0 Å². The molecule has 0 fully saturated rings. The third kappa shape index (κ3) is 3.00. The lowest BCUT2D eigenvalue weighted by Gasteiger charge is -2.10. The van der Waals surface area contributed by atoms with Gasteiger partial charge in [-0.1, -0.05) is 60.3 Å². The maximum atomic E-state index is 4.71. The molecule has 2 aromatic carbocycles. The normalized spacial score (nSPS) is 11.3. The summed E-state index contributed by atoms with van der Waals surface area (Å²) >= 11 is 3.37. The third-order valence-electron chi connectivity index (χ3n) is 4.66. The van der Waals surface area contributed by atoms with Crippen molar-refractivity contribution in [3.8, 4) is 22.5 Å². The first kappa shape index (κ1) is 17.2. The highest BCUT2D eigenvalue weighted by Gasteiger charge is 2.13. The topological polar surface area (TPSA) is 72.3 Å². The fourth-order valence-electron chi connectivity index (χ4n) is 3.32. The van der Waals surface area contributed by atoms with E-state index in [2.05, 4.69) is 72.5 Å². The Hall–Kier alpha value is -2.97. The Morgan fingerprint density at radius 2 is 1.86 bits per heavy atom. The number of H-pyrrole nitrogens is 1. The van der Waals surface area contributed by atoms with E-state index >= 15 is 0 Å². The molecule has 0 aliphatic heterocycles. The summed E-state index contributed by atoms with van der Waals surface area (Å²) in [5.74, 6) is 0.600. The molecule has 0 bridgehead atoms. The minimum Gasteiger partial charge on any atom is -0.314 e. The van der Waals surface area contributed by atoms with E-state index in [9.17, 15) is 0 Å². The zero-order valence-corrected chi connectivity index (χ0v) is 16.7. The molecule has 3 aromatic heterocycles. The number of thiophene rings is 1. The Bertz CT molecular complexity index is 1220. The Morgan fingerprint density at radius 3 is 2.61 bits per heavy atom. The predicted molar refractivity (Wildman–Crippen MR) is 114 cm³/mol. The molecule has 0 unspecified atom stereocenters. The number of nitrogens with zero attached hydrogens (tertiary/aromatic N) is 5. The van der Waals surface area contributed by atoms with Crippen LogP contribution < -0.4 is 0 Å². The van der Waals surface area contributed by atoms with E-state index < -0.39 is 0 Å². The van der Waals surface area contributed by atoms with Gasteiger partial charge in [0.1, 0.15) is 5.52 Å². The van der Waals surface area contributed by atoms with Gasteiger partial charge in [-0.15, -0.1) is 21.5 Å². The molecule has 5 rings (SSSR count). The third-order valence-corrected chi connectivity index (χ3v) is 6.06. The summed E-state index contributed by atoms with van der Waals surface area (Å²) in [4.78, 5) is 4.71. The van der Waals surface area contributed by atoms with Crippen LogP contribution in [0.25, 0.3) is 33.5 Å². The number of benzene rings is 2. The summed E-state index contributed by atoms with van der Waals surface area (Å²) in [6, 6.07) is 16.7. The van der Waals surface area contributed by atoms with Crippen LogP contribution in [0.4, 0.5) is 0 Å². The van der Waals surface area contributed by atoms with Crippen molar-refractivity contribution in [1.29, 1.82) is 0 Å². The van der Waals surface area contributed by atoms with E-state index in [0.717, 1.165) is 33.9 Å². The quantitative estimate of drug-likeness (QED) is 0.429. The van der Waals surface area contributed by atoms with Crippen LogP contribution >= 0.6 is 23.1 Å². The predicted octanol–water partition coefficient (Wildman–Crippen LogP) is 4.72. The van der Waals surface area contributed by atoms with Crippen LogP contribution in [-0.4, -0.2) is 36.4 Å². The van der Waals surface area contributed by atoms with Crippen molar-refractivity contribution >= 4 is 34.1 Å². The van der Waals surface area contributed by atoms with Crippen LogP contribution in [0.1, 0.15) is 5.56 Å². The number of hydrogen-bond acceptors (Lipinski definition) is 6. The lowest BCUT2D eigenvalue weighted by Crippen LogP contribution is -2.01. The maximum absolute atomic E-state index is 4.71. The molecule has 0 saturated carbocycles. The van der Waals surface area contributed by atoms with Crippen molar-refractivity contribution in [3.63, 3.8) is 0 Å². The van der Waals surface area contributed by atoms with Crippen LogP contribution in [0.2, 0.25) is 0 Å². The molecule has 5 aromatic rings. The molecule has 0 atom stereocenters. The van der Waals surface area contributed by atoms with Gasteiger partial charge in [0.25, 0.3) is 0 Å². The van der Waals surface area contributed by atoms with Crippen molar-refractivity contribution in [2.75, 3.05) is 6.26 Å². The average molecular weight is 405 g/mol. The summed E-state index contributed by atoms with van der Waals surface area (Å²) in [7, 11) is 0. The largest absolute Gasteiger partial charge is 0.314 e. The van der Waals surface area contributed by atoms with Crippen LogP contribution in [0.3, 0.4) is 0 Å². The standard InChI is InChI=1S/C20H16N6S2/c1-27-20-21-17-11-28-12-18(17)26(20)10-13-6-8-14(9-7-13)15-4-2-3-5-16(15)19-22-24-25-23-19/h2-9,11-12H,10H2,1H3,(H,22,23,24,25). The number of nitrogens with one attached hydrogen (secondary N) is 1. The molecule has 0 amide bonds. The SMILES string of the molecule is CSc1nc2cscc2n1Cc1ccc(-c2ccccc2-c2nn[nH]n2)cc1. The van der Waals surface area contributed by atoms with Crippen LogP contribution in [0, 0.1) is 0 Å². The molecule has 6 nitrogen and oxygen atoms in total. The minimum absolute atomic E-state index is 0.600. The molecule has 0 radical (unpaired) electrons. The summed E-state index contributed by atoms with van der Waals surface area (Å²) in [6.07, 6.45) is 2.07. The number of imidazole rings is 1. The molecule has 3 heterocycles. The van der Waals surface area contributed by atoms with Crippen molar-refractivity contribution in [3.05, 3.63) is 64.9 Å². The molecule has 8 heteroatoms. The van der Waals surface area contributed by atoms with Crippen LogP contribution in [0.5, 0.6) is 0 Å². The van der Waals surface area contributed by atoms with E-state index in [1.807, 2.05) is 18.2 Å². The second-order valence-electron chi connectivity index (χ2n) is 6.30. The lowest BCUT2D eigenvalue weighted by molar-refractivity contribution is 0.732. The first-order valence-corrected chi connectivity index (χ1v) is 10.9. The lowest BCUT2D eigenvalue weighted by atomic mass is 9.98. The van der Waals surface area contributed by atoms with Gasteiger partial charge >= 0.3 is 0 Å². The fraction of sp³-hybridized carbons (Fsp3) is 0.100. The Kier molecular flexibility index (Phi) is 4.42. The van der Waals surface area contributed by atoms with E-state index in [1.54, 1.807) is 23.1 Å². The van der Waals surface area contributed by atoms with Gasteiger partial charge in [-0.3, -0.25) is 0 Å². The van der Waals surface area contributed by atoms with Gasteiger partial charge in [-0.05, 0) is 28.2 Å². The van der Waals surface area contributed by atoms with Crippen molar-refractivity contribution in [2.24, 2.45) is 0 Å². The maximum Gasteiger partial charge on any atom is 0.205 e. The van der Waals surface area contributed by atoms with E-state index in [0.29, 0.717) is 5.82 Å². The highest BCUT2D eigenvalue weighted by molar-refractivity contribution is 7.98. The molecule has 28 heavy (non-hydrogen) atoms. The molecule has 0 aliphatic carbocycles. The molecule has 0 saturated heterocycles. The van der Waals surface area contributed by atoms with Gasteiger partial charge in [0, 0.05) is 16.3 Å². The van der Waals surface area contributed by atoms with Gasteiger partial charge in [0.15, 0.2) is 5.16 Å². The van der Waals surface area contributed by atoms with Crippen LogP contribution in [-0.2, 0) is 6.54 Å². The highest BCUT2D eigenvalue weighted by Crippen LogP contribution is 2.31. The Balaban J connectivity index is 1.48. The summed E-state index contributed by atoms with van der Waals surface area (Å²) < 4.78 is 2.28. The second kappa shape index (κ2) is 7.21. The number of fused-ring (bicyclic) bond motifs is 1. The molecular formula is C20H16N6S2. The van der Waals surface area contributed by atoms with Gasteiger partial charge in [-0.2, -0.15) is 5.21 Å². The monoisotopic (exact) mass is 404 g/mol. The average Bonchev–Trinajstić information content (AvgIpc) is 3.48. The van der Waals surface area contributed by atoms with Crippen molar-refractivity contribution in [1.82, 2.24) is 30.2 Å². The number of rotatable bonds is 5. The number of aromatic nitrogens is 6. The molecule has 138 valence electrons. The number of aromatic amines is 1. The van der Waals surface area contributed by atoms with Crippen molar-refractivity contribution < 1.29 is 0 Å². The van der Waals surface area contributed by atoms with E-state index in [4.69, 9.17) is 4.98 Å².